The zero-order valence-electron chi connectivity index (χ0n) is 7.73. The highest BCUT2D eigenvalue weighted by atomic mass is 32.2. The topological polar surface area (TPSA) is 35.5 Å². The summed E-state index contributed by atoms with van der Waals surface area (Å²) in [6.07, 6.45) is 0. The summed E-state index contributed by atoms with van der Waals surface area (Å²) in [5.74, 6) is 0.823. The Balaban J connectivity index is 2.13. The number of rotatable bonds is 2. The third-order valence-electron chi connectivity index (χ3n) is 2.08. The Kier molecular flexibility index (Phi) is 2.63. The molecule has 1 aromatic carbocycles. The Labute approximate surface area is 86.4 Å². The molecule has 0 radical (unpaired) electrons. The lowest BCUT2D eigenvalue weighted by atomic mass is 10.1. The molecule has 1 saturated heterocycles. The van der Waals surface area contributed by atoms with E-state index in [9.17, 15) is 4.79 Å². The number of methoxy groups -OCH3 is 1. The van der Waals surface area contributed by atoms with Gasteiger partial charge in [-0.15, -0.1) is 0 Å². The van der Waals surface area contributed by atoms with E-state index in [1.54, 1.807) is 7.11 Å². The summed E-state index contributed by atoms with van der Waals surface area (Å²) in [6.45, 7) is 0.468. The molecule has 0 aliphatic carbocycles. The van der Waals surface area contributed by atoms with E-state index < -0.39 is 0 Å². The van der Waals surface area contributed by atoms with Crippen LogP contribution in [0.4, 0.5) is 4.79 Å². The number of benzene rings is 1. The second-order valence-corrected chi connectivity index (χ2v) is 4.08. The maximum Gasteiger partial charge on any atom is 0.368 e. The normalized spacial score (nSPS) is 20.6. The zero-order chi connectivity index (χ0) is 9.97. The van der Waals surface area contributed by atoms with Crippen molar-refractivity contribution in [3.63, 3.8) is 0 Å². The molecule has 0 saturated carbocycles. The molecular weight excluding hydrogens is 200 g/mol. The minimum Gasteiger partial charge on any atom is -0.497 e. The number of hydrogen-bond donors (Lipinski definition) is 0. The first-order valence-corrected chi connectivity index (χ1v) is 5.15. The van der Waals surface area contributed by atoms with Crippen molar-refractivity contribution >= 4 is 17.1 Å². The van der Waals surface area contributed by atoms with Gasteiger partial charge in [-0.2, -0.15) is 0 Å². The van der Waals surface area contributed by atoms with Gasteiger partial charge < -0.3 is 9.47 Å². The van der Waals surface area contributed by atoms with Crippen LogP contribution in [-0.4, -0.2) is 19.0 Å². The highest BCUT2D eigenvalue weighted by molar-refractivity contribution is 8.13. The molecule has 1 aromatic rings. The summed E-state index contributed by atoms with van der Waals surface area (Å²) in [4.78, 5) is 10.9. The van der Waals surface area contributed by atoms with Gasteiger partial charge in [0.2, 0.25) is 0 Å². The number of cyclic esters (lactones) is 1. The van der Waals surface area contributed by atoms with Gasteiger partial charge in [-0.3, -0.25) is 0 Å². The van der Waals surface area contributed by atoms with Crippen LogP contribution in [-0.2, 0) is 4.74 Å². The van der Waals surface area contributed by atoms with E-state index in [4.69, 9.17) is 9.47 Å². The molecule has 3 nitrogen and oxygen atoms in total. The van der Waals surface area contributed by atoms with Gasteiger partial charge in [-0.1, -0.05) is 12.1 Å². The summed E-state index contributed by atoms with van der Waals surface area (Å²) in [5, 5.41) is -0.0563. The van der Waals surface area contributed by atoms with E-state index in [0.29, 0.717) is 6.61 Å². The predicted molar refractivity (Wildman–Crippen MR) is 54.7 cm³/mol. The van der Waals surface area contributed by atoms with Gasteiger partial charge >= 0.3 is 5.30 Å². The smallest absolute Gasteiger partial charge is 0.368 e. The van der Waals surface area contributed by atoms with Crippen LogP contribution in [0.3, 0.4) is 0 Å². The Morgan fingerprint density at radius 3 is 2.64 bits per heavy atom. The highest BCUT2D eigenvalue weighted by Crippen LogP contribution is 2.36. The molecule has 1 fully saturated rings. The van der Waals surface area contributed by atoms with Crippen molar-refractivity contribution in [1.29, 1.82) is 0 Å². The van der Waals surface area contributed by atoms with Gasteiger partial charge in [0.15, 0.2) is 0 Å². The lowest BCUT2D eigenvalue weighted by Crippen LogP contribution is -1.94. The molecule has 1 unspecified atom stereocenters. The molecular formula is C10H10O3S. The van der Waals surface area contributed by atoms with Crippen LogP contribution in [0.25, 0.3) is 0 Å². The number of carbonyl (C=O) groups excluding carboxylic acids is 1. The van der Waals surface area contributed by atoms with Crippen LogP contribution in [0.5, 0.6) is 5.75 Å². The third-order valence-corrected chi connectivity index (χ3v) is 3.08. The summed E-state index contributed by atoms with van der Waals surface area (Å²) in [7, 11) is 1.63. The quantitative estimate of drug-likeness (QED) is 0.703. The summed E-state index contributed by atoms with van der Waals surface area (Å²) in [5.41, 5.74) is 1.10. The van der Waals surface area contributed by atoms with Crippen molar-refractivity contribution in [3.8, 4) is 5.75 Å². The van der Waals surface area contributed by atoms with Crippen LogP contribution in [0.2, 0.25) is 0 Å². The fourth-order valence-electron chi connectivity index (χ4n) is 1.31. The van der Waals surface area contributed by atoms with E-state index in [2.05, 4.69) is 0 Å². The predicted octanol–water partition coefficient (Wildman–Crippen LogP) is 2.62. The molecule has 1 atom stereocenters. The SMILES string of the molecule is COc1ccc(C2COC(=O)S2)cc1. The number of thioether (sulfide) groups is 1. The highest BCUT2D eigenvalue weighted by Gasteiger charge is 2.25. The second-order valence-electron chi connectivity index (χ2n) is 2.94. The van der Waals surface area contributed by atoms with Gasteiger partial charge in [-0.05, 0) is 29.5 Å². The molecule has 1 heterocycles. The first-order chi connectivity index (χ1) is 6.79. The van der Waals surface area contributed by atoms with Gasteiger partial charge in [0.1, 0.15) is 12.4 Å². The van der Waals surface area contributed by atoms with E-state index in [-0.39, 0.29) is 10.6 Å². The van der Waals surface area contributed by atoms with Crippen molar-refractivity contribution in [2.24, 2.45) is 0 Å². The van der Waals surface area contributed by atoms with Gasteiger partial charge in [0.05, 0.1) is 12.4 Å². The molecule has 0 amide bonds. The molecule has 4 heteroatoms. The van der Waals surface area contributed by atoms with Crippen LogP contribution >= 0.6 is 11.8 Å². The van der Waals surface area contributed by atoms with Crippen molar-refractivity contribution < 1.29 is 14.3 Å². The van der Waals surface area contributed by atoms with Crippen molar-refractivity contribution in [2.45, 2.75) is 5.25 Å². The maximum absolute atomic E-state index is 10.9. The summed E-state index contributed by atoms with van der Waals surface area (Å²) in [6, 6.07) is 7.69. The van der Waals surface area contributed by atoms with Crippen molar-refractivity contribution in [2.75, 3.05) is 13.7 Å². The molecule has 0 aromatic heterocycles. The van der Waals surface area contributed by atoms with E-state index in [0.717, 1.165) is 11.3 Å². The zero-order valence-corrected chi connectivity index (χ0v) is 8.54. The lowest BCUT2D eigenvalue weighted by molar-refractivity contribution is 0.184. The Bertz CT molecular complexity index is 334. The largest absolute Gasteiger partial charge is 0.497 e. The van der Waals surface area contributed by atoms with E-state index in [1.165, 1.54) is 11.8 Å². The van der Waals surface area contributed by atoms with Crippen LogP contribution in [0, 0.1) is 0 Å². The van der Waals surface area contributed by atoms with Crippen LogP contribution in [0.15, 0.2) is 24.3 Å². The van der Waals surface area contributed by atoms with Crippen molar-refractivity contribution in [3.05, 3.63) is 29.8 Å². The van der Waals surface area contributed by atoms with E-state index >= 15 is 0 Å². The van der Waals surface area contributed by atoms with Crippen molar-refractivity contribution in [1.82, 2.24) is 0 Å². The van der Waals surface area contributed by atoms with Crippen LogP contribution < -0.4 is 4.74 Å². The number of hydrogen-bond acceptors (Lipinski definition) is 4. The molecule has 0 bridgehead atoms. The fraction of sp³-hybridized carbons (Fsp3) is 0.300. The molecule has 2 rings (SSSR count). The Morgan fingerprint density at radius 2 is 2.14 bits per heavy atom. The molecule has 0 spiro atoms. The lowest BCUT2D eigenvalue weighted by Gasteiger charge is -2.06. The van der Waals surface area contributed by atoms with Gasteiger partial charge in [0.25, 0.3) is 0 Å². The minimum atomic E-state index is -0.189. The molecule has 1 aliphatic rings. The average Bonchev–Trinajstić information content (AvgIpc) is 2.65. The molecule has 74 valence electrons. The Morgan fingerprint density at radius 1 is 1.43 bits per heavy atom. The van der Waals surface area contributed by atoms with Gasteiger partial charge in [-0.25, -0.2) is 4.79 Å². The maximum atomic E-state index is 10.9. The summed E-state index contributed by atoms with van der Waals surface area (Å²) >= 11 is 1.23. The average molecular weight is 210 g/mol. The van der Waals surface area contributed by atoms with E-state index in [1.807, 2.05) is 24.3 Å². The number of carbonyl (C=O) groups is 1. The molecule has 14 heavy (non-hydrogen) atoms. The van der Waals surface area contributed by atoms with Gasteiger partial charge in [0, 0.05) is 0 Å². The molecule has 0 N–H and O–H groups in total. The van der Waals surface area contributed by atoms with Crippen LogP contribution in [0.1, 0.15) is 10.8 Å². The fourth-order valence-corrected chi connectivity index (χ4v) is 2.11. The summed E-state index contributed by atoms with van der Waals surface area (Å²) < 4.78 is 9.92. The standard InChI is InChI=1S/C10H10O3S/c1-12-8-4-2-7(3-5-8)9-6-13-10(11)14-9/h2-5,9H,6H2,1H3. The Hall–Kier alpha value is -1.16. The number of ether oxygens (including phenoxy) is 2. The second kappa shape index (κ2) is 3.92. The third kappa shape index (κ3) is 1.85. The monoisotopic (exact) mass is 210 g/mol. The minimum absolute atomic E-state index is 0.133. The first kappa shape index (κ1) is 9.40. The molecule has 1 aliphatic heterocycles. The first-order valence-electron chi connectivity index (χ1n) is 4.27.